The van der Waals surface area contributed by atoms with Crippen molar-refractivity contribution in [2.75, 3.05) is 5.32 Å². The molecule has 1 N–H and O–H groups in total. The molecule has 0 aliphatic carbocycles. The Kier molecular flexibility index (Phi) is 4.58. The molecular formula is C14H21N3S2. The summed E-state index contributed by atoms with van der Waals surface area (Å²) in [7, 11) is 0. The van der Waals surface area contributed by atoms with E-state index >= 15 is 0 Å². The lowest BCUT2D eigenvalue weighted by molar-refractivity contribution is 0.643. The van der Waals surface area contributed by atoms with Crippen molar-refractivity contribution in [3.63, 3.8) is 0 Å². The van der Waals surface area contributed by atoms with Crippen LogP contribution in [0.1, 0.15) is 38.4 Å². The number of rotatable bonds is 5. The number of aryl methyl sites for hydroxylation is 1. The van der Waals surface area contributed by atoms with Gasteiger partial charge >= 0.3 is 0 Å². The maximum Gasteiger partial charge on any atom is 0.183 e. The Hall–Kier alpha value is -0.940. The first-order valence-electron chi connectivity index (χ1n) is 6.64. The first-order chi connectivity index (χ1) is 8.95. The van der Waals surface area contributed by atoms with Gasteiger partial charge in [0.25, 0.3) is 0 Å². The molecule has 2 aromatic heterocycles. The average molecular weight is 295 g/mol. The first kappa shape index (κ1) is 14.5. The minimum Gasteiger partial charge on any atom is -0.359 e. The summed E-state index contributed by atoms with van der Waals surface area (Å²) in [6, 6.07) is 0.415. The standard InChI is InChI=1S/C14H21N3S2/c1-8(2)6-12-16-10(5)13(19-12)11-7-18-14(17-11)15-9(3)4/h7-9H,6H2,1-5H3,(H,15,17). The predicted molar refractivity (Wildman–Crippen MR) is 85.3 cm³/mol. The summed E-state index contributed by atoms with van der Waals surface area (Å²) < 4.78 is 0. The maximum atomic E-state index is 4.66. The highest BCUT2D eigenvalue weighted by Gasteiger charge is 2.14. The Labute approximate surface area is 123 Å². The molecule has 0 unspecified atom stereocenters. The molecule has 0 spiro atoms. The summed E-state index contributed by atoms with van der Waals surface area (Å²) in [4.78, 5) is 10.5. The lowest BCUT2D eigenvalue weighted by Crippen LogP contribution is -2.08. The molecular weight excluding hydrogens is 274 g/mol. The lowest BCUT2D eigenvalue weighted by Gasteiger charge is -2.04. The molecule has 3 nitrogen and oxygen atoms in total. The number of thiazole rings is 2. The van der Waals surface area contributed by atoms with Crippen LogP contribution < -0.4 is 5.32 Å². The van der Waals surface area contributed by atoms with Crippen molar-refractivity contribution < 1.29 is 0 Å². The van der Waals surface area contributed by atoms with E-state index in [0.717, 1.165) is 22.9 Å². The van der Waals surface area contributed by atoms with Crippen molar-refractivity contribution in [1.82, 2.24) is 9.97 Å². The molecule has 19 heavy (non-hydrogen) atoms. The van der Waals surface area contributed by atoms with Crippen LogP contribution in [-0.2, 0) is 6.42 Å². The van der Waals surface area contributed by atoms with Crippen molar-refractivity contribution in [3.8, 4) is 10.6 Å². The van der Waals surface area contributed by atoms with E-state index in [1.54, 1.807) is 22.7 Å². The van der Waals surface area contributed by atoms with Crippen LogP contribution in [0.25, 0.3) is 10.6 Å². The maximum absolute atomic E-state index is 4.66. The van der Waals surface area contributed by atoms with Crippen LogP contribution >= 0.6 is 22.7 Å². The van der Waals surface area contributed by atoms with Crippen LogP contribution in [0.3, 0.4) is 0 Å². The largest absolute Gasteiger partial charge is 0.359 e. The third-order valence-electron chi connectivity index (χ3n) is 2.57. The summed E-state index contributed by atoms with van der Waals surface area (Å²) >= 11 is 3.44. The van der Waals surface area contributed by atoms with Gasteiger partial charge < -0.3 is 5.32 Å². The minimum absolute atomic E-state index is 0.415. The second kappa shape index (κ2) is 6.01. The Bertz CT molecular complexity index is 541. The Balaban J connectivity index is 2.21. The molecule has 0 saturated carbocycles. The van der Waals surface area contributed by atoms with Gasteiger partial charge in [-0.15, -0.1) is 22.7 Å². The quantitative estimate of drug-likeness (QED) is 0.876. The molecule has 0 radical (unpaired) electrons. The van der Waals surface area contributed by atoms with Crippen molar-refractivity contribution in [1.29, 1.82) is 0 Å². The van der Waals surface area contributed by atoms with Crippen LogP contribution in [-0.4, -0.2) is 16.0 Å². The summed E-state index contributed by atoms with van der Waals surface area (Å²) in [5.41, 5.74) is 2.15. The first-order valence-corrected chi connectivity index (χ1v) is 8.34. The molecule has 5 heteroatoms. The van der Waals surface area contributed by atoms with Gasteiger partial charge in [-0.1, -0.05) is 13.8 Å². The molecule has 0 amide bonds. The SMILES string of the molecule is Cc1nc(CC(C)C)sc1-c1csc(NC(C)C)n1. The van der Waals surface area contributed by atoms with Crippen molar-refractivity contribution in [3.05, 3.63) is 16.1 Å². The Morgan fingerprint density at radius 3 is 2.58 bits per heavy atom. The van der Waals surface area contributed by atoms with Gasteiger partial charge in [0.1, 0.15) is 0 Å². The van der Waals surface area contributed by atoms with Crippen molar-refractivity contribution >= 4 is 27.8 Å². The number of hydrogen-bond acceptors (Lipinski definition) is 5. The van der Waals surface area contributed by atoms with Crippen molar-refractivity contribution in [2.24, 2.45) is 5.92 Å². The number of nitrogens with one attached hydrogen (secondary N) is 1. The third-order valence-corrected chi connectivity index (χ3v) is 4.55. The number of aromatic nitrogens is 2. The van der Waals surface area contributed by atoms with E-state index in [1.807, 2.05) is 0 Å². The zero-order chi connectivity index (χ0) is 14.0. The molecule has 104 valence electrons. The topological polar surface area (TPSA) is 37.8 Å². The molecule has 0 aliphatic rings. The summed E-state index contributed by atoms with van der Waals surface area (Å²) in [6.45, 7) is 10.8. The predicted octanol–water partition coefficient (Wildman–Crippen LogP) is 4.59. The molecule has 2 heterocycles. The molecule has 0 bridgehead atoms. The lowest BCUT2D eigenvalue weighted by atomic mass is 10.1. The molecule has 2 rings (SSSR count). The fourth-order valence-electron chi connectivity index (χ4n) is 1.82. The van der Waals surface area contributed by atoms with Gasteiger partial charge in [0.2, 0.25) is 0 Å². The zero-order valence-corrected chi connectivity index (χ0v) is 13.8. The Morgan fingerprint density at radius 1 is 1.21 bits per heavy atom. The highest BCUT2D eigenvalue weighted by molar-refractivity contribution is 7.16. The fraction of sp³-hybridized carbons (Fsp3) is 0.571. The number of anilines is 1. The molecule has 0 aromatic carbocycles. The van der Waals surface area contributed by atoms with E-state index in [9.17, 15) is 0 Å². The molecule has 2 aromatic rings. The van der Waals surface area contributed by atoms with Gasteiger partial charge in [0, 0.05) is 17.8 Å². The number of hydrogen-bond donors (Lipinski definition) is 1. The fourth-order valence-corrected chi connectivity index (χ4v) is 3.98. The van der Waals surface area contributed by atoms with E-state index in [1.165, 1.54) is 9.88 Å². The summed E-state index contributed by atoms with van der Waals surface area (Å²) in [6.07, 6.45) is 1.05. The molecule has 0 aliphatic heterocycles. The zero-order valence-electron chi connectivity index (χ0n) is 12.2. The number of nitrogens with zero attached hydrogens (tertiary/aromatic N) is 2. The highest BCUT2D eigenvalue weighted by Crippen LogP contribution is 2.33. The summed E-state index contributed by atoms with van der Waals surface area (Å²) in [5, 5.41) is 7.67. The molecule has 0 fully saturated rings. The third kappa shape index (κ3) is 3.76. The van der Waals surface area contributed by atoms with Crippen molar-refractivity contribution in [2.45, 2.75) is 47.1 Å². The second-order valence-corrected chi connectivity index (χ2v) is 7.40. The second-order valence-electron chi connectivity index (χ2n) is 5.46. The molecule has 0 saturated heterocycles. The smallest absolute Gasteiger partial charge is 0.183 e. The highest BCUT2D eigenvalue weighted by atomic mass is 32.1. The van der Waals surface area contributed by atoms with Crippen LogP contribution in [0.15, 0.2) is 5.38 Å². The van der Waals surface area contributed by atoms with Gasteiger partial charge in [-0.3, -0.25) is 0 Å². The van der Waals surface area contributed by atoms with Crippen LogP contribution in [0.4, 0.5) is 5.13 Å². The monoisotopic (exact) mass is 295 g/mol. The van der Waals surface area contributed by atoms with Gasteiger partial charge in [0.15, 0.2) is 5.13 Å². The van der Waals surface area contributed by atoms with E-state index in [2.05, 4.69) is 55.3 Å². The van der Waals surface area contributed by atoms with Crippen LogP contribution in [0, 0.1) is 12.8 Å². The normalized spacial score (nSPS) is 11.5. The van der Waals surface area contributed by atoms with E-state index in [4.69, 9.17) is 0 Å². The average Bonchev–Trinajstić information content (AvgIpc) is 2.83. The van der Waals surface area contributed by atoms with Crippen LogP contribution in [0.5, 0.6) is 0 Å². The summed E-state index contributed by atoms with van der Waals surface area (Å²) in [5.74, 6) is 0.645. The van der Waals surface area contributed by atoms with E-state index < -0.39 is 0 Å². The van der Waals surface area contributed by atoms with Gasteiger partial charge in [0.05, 0.1) is 21.3 Å². The van der Waals surface area contributed by atoms with Crippen LogP contribution in [0.2, 0.25) is 0 Å². The van der Waals surface area contributed by atoms with Gasteiger partial charge in [-0.05, 0) is 26.7 Å². The van der Waals surface area contributed by atoms with E-state index in [-0.39, 0.29) is 0 Å². The minimum atomic E-state index is 0.415. The van der Waals surface area contributed by atoms with Gasteiger partial charge in [-0.2, -0.15) is 0 Å². The molecule has 0 atom stereocenters. The Morgan fingerprint density at radius 2 is 1.95 bits per heavy atom. The van der Waals surface area contributed by atoms with Gasteiger partial charge in [-0.25, -0.2) is 9.97 Å². The van der Waals surface area contributed by atoms with E-state index in [0.29, 0.717) is 12.0 Å².